The van der Waals surface area contributed by atoms with Crippen LogP contribution in [0.5, 0.6) is 0 Å². The molecule has 0 N–H and O–H groups in total. The van der Waals surface area contributed by atoms with E-state index >= 15 is 0 Å². The van der Waals surface area contributed by atoms with Gasteiger partial charge in [-0.25, -0.2) is 22.4 Å². The minimum atomic E-state index is -2.01. The summed E-state index contributed by atoms with van der Waals surface area (Å²) >= 11 is 0. The maximum Gasteiger partial charge on any atom is 0.370 e. The van der Waals surface area contributed by atoms with Gasteiger partial charge in [0, 0.05) is 0 Å². The predicted molar refractivity (Wildman–Crippen MR) is 52.1 cm³/mol. The molecule has 0 radical (unpaired) electrons. The van der Waals surface area contributed by atoms with Crippen molar-refractivity contribution in [2.24, 2.45) is 0 Å². The zero-order valence-corrected chi connectivity index (χ0v) is 9.07. The largest absolute Gasteiger partial charge is 0.461 e. The van der Waals surface area contributed by atoms with Crippen molar-refractivity contribution in [1.82, 2.24) is 0 Å². The lowest BCUT2D eigenvalue weighted by Gasteiger charge is -2.04. The minimum Gasteiger partial charge on any atom is -0.461 e. The van der Waals surface area contributed by atoms with Gasteiger partial charge >= 0.3 is 5.97 Å². The molecular weight excluding hydrogens is 259 g/mol. The highest BCUT2D eigenvalue weighted by atomic mass is 19.2. The van der Waals surface area contributed by atoms with E-state index in [4.69, 9.17) is 0 Å². The Bertz CT molecular complexity index is 510. The first kappa shape index (κ1) is 14.1. The van der Waals surface area contributed by atoms with E-state index in [-0.39, 0.29) is 6.61 Å². The molecule has 7 heteroatoms. The van der Waals surface area contributed by atoms with Crippen LogP contribution in [0.1, 0.15) is 12.5 Å². The normalized spacial score (nSPS) is 12.1. The van der Waals surface area contributed by atoms with Crippen molar-refractivity contribution < 1.29 is 31.5 Å². The molecule has 0 aliphatic rings. The van der Waals surface area contributed by atoms with Crippen molar-refractivity contribution in [3.63, 3.8) is 0 Å². The second-order valence-corrected chi connectivity index (χ2v) is 3.07. The molecule has 1 rings (SSSR count). The number of carbonyl (C=O) groups is 1. The van der Waals surface area contributed by atoms with E-state index in [9.17, 15) is 26.7 Å². The summed E-state index contributed by atoms with van der Waals surface area (Å²) in [7, 11) is 0. The average molecular weight is 266 g/mol. The molecule has 0 aromatic heterocycles. The first-order chi connectivity index (χ1) is 8.40. The third-order valence-corrected chi connectivity index (χ3v) is 1.92. The Morgan fingerprint density at radius 2 is 1.78 bits per heavy atom. The van der Waals surface area contributed by atoms with Crippen molar-refractivity contribution in [3.8, 4) is 0 Å². The summed E-state index contributed by atoms with van der Waals surface area (Å²) in [5.74, 6) is -11.1. The van der Waals surface area contributed by atoms with Gasteiger partial charge in [-0.1, -0.05) is 0 Å². The summed E-state index contributed by atoms with van der Waals surface area (Å²) in [6, 6.07) is 0.883. The fraction of sp³-hybridized carbons (Fsp3) is 0.182. The molecule has 0 aliphatic carbocycles. The van der Waals surface area contributed by atoms with Crippen LogP contribution in [0.15, 0.2) is 18.0 Å². The summed E-state index contributed by atoms with van der Waals surface area (Å²) in [5.41, 5.74) is -1.19. The molecule has 0 fully saturated rings. The molecule has 0 unspecified atom stereocenters. The zero-order valence-electron chi connectivity index (χ0n) is 9.07. The topological polar surface area (TPSA) is 26.3 Å². The molecule has 0 saturated carbocycles. The smallest absolute Gasteiger partial charge is 0.370 e. The average Bonchev–Trinajstić information content (AvgIpc) is 2.35. The van der Waals surface area contributed by atoms with E-state index in [0.29, 0.717) is 12.1 Å². The van der Waals surface area contributed by atoms with Crippen molar-refractivity contribution >= 4 is 11.8 Å². The Morgan fingerprint density at radius 3 is 2.33 bits per heavy atom. The fourth-order valence-electron chi connectivity index (χ4n) is 1.10. The van der Waals surface area contributed by atoms with E-state index in [0.717, 1.165) is 0 Å². The predicted octanol–water partition coefficient (Wildman–Crippen LogP) is 3.27. The molecular formula is C11H7F5O2. The highest BCUT2D eigenvalue weighted by Crippen LogP contribution is 2.27. The van der Waals surface area contributed by atoms with E-state index in [2.05, 4.69) is 4.74 Å². The van der Waals surface area contributed by atoms with Crippen LogP contribution < -0.4 is 0 Å². The van der Waals surface area contributed by atoms with Crippen molar-refractivity contribution in [2.75, 3.05) is 6.61 Å². The van der Waals surface area contributed by atoms with E-state index < -0.39 is 40.6 Å². The van der Waals surface area contributed by atoms with Crippen LogP contribution in [0.25, 0.3) is 5.83 Å². The molecule has 0 spiro atoms. The van der Waals surface area contributed by atoms with Gasteiger partial charge in [0.25, 0.3) is 0 Å². The maximum absolute atomic E-state index is 13.3. The lowest BCUT2D eigenvalue weighted by molar-refractivity contribution is -0.140. The summed E-state index contributed by atoms with van der Waals surface area (Å²) < 4.78 is 69.1. The molecule has 0 bridgehead atoms. The molecule has 2 nitrogen and oxygen atoms in total. The summed E-state index contributed by atoms with van der Waals surface area (Å²) in [6.45, 7) is 1.13. The van der Waals surface area contributed by atoms with Crippen LogP contribution in [-0.2, 0) is 9.53 Å². The van der Waals surface area contributed by atoms with E-state index in [1.165, 1.54) is 6.92 Å². The number of carbonyl (C=O) groups excluding carboxylic acids is 1. The molecule has 0 amide bonds. The second-order valence-electron chi connectivity index (χ2n) is 3.07. The van der Waals surface area contributed by atoms with Crippen molar-refractivity contribution in [2.45, 2.75) is 6.92 Å². The van der Waals surface area contributed by atoms with Gasteiger partial charge in [-0.2, -0.15) is 4.39 Å². The third kappa shape index (κ3) is 2.66. The molecule has 18 heavy (non-hydrogen) atoms. The van der Waals surface area contributed by atoms with Gasteiger partial charge in [-0.05, 0) is 19.1 Å². The van der Waals surface area contributed by atoms with Crippen molar-refractivity contribution in [3.05, 3.63) is 41.0 Å². The lowest BCUT2D eigenvalue weighted by atomic mass is 10.1. The third-order valence-electron chi connectivity index (χ3n) is 1.92. The second kappa shape index (κ2) is 5.61. The Hall–Kier alpha value is -1.92. The lowest BCUT2D eigenvalue weighted by Crippen LogP contribution is -2.06. The number of benzene rings is 1. The Kier molecular flexibility index (Phi) is 4.41. The van der Waals surface area contributed by atoms with Crippen LogP contribution in [0.4, 0.5) is 22.0 Å². The number of hydrogen-bond acceptors (Lipinski definition) is 2. The molecule has 98 valence electrons. The monoisotopic (exact) mass is 266 g/mol. The van der Waals surface area contributed by atoms with Gasteiger partial charge in [-0.15, -0.1) is 0 Å². The fourth-order valence-corrected chi connectivity index (χ4v) is 1.10. The van der Waals surface area contributed by atoms with Crippen LogP contribution in [-0.4, -0.2) is 12.6 Å². The number of ether oxygens (including phenoxy) is 1. The molecule has 0 atom stereocenters. The molecule has 0 saturated heterocycles. The first-order valence-corrected chi connectivity index (χ1v) is 4.76. The first-order valence-electron chi connectivity index (χ1n) is 4.76. The van der Waals surface area contributed by atoms with Crippen molar-refractivity contribution in [1.29, 1.82) is 0 Å². The zero-order chi connectivity index (χ0) is 13.9. The quantitative estimate of drug-likeness (QED) is 0.363. The van der Waals surface area contributed by atoms with Crippen LogP contribution in [0.3, 0.4) is 0 Å². The molecule has 1 aromatic rings. The minimum absolute atomic E-state index is 0.222. The van der Waals surface area contributed by atoms with Gasteiger partial charge in [0.1, 0.15) is 0 Å². The summed E-state index contributed by atoms with van der Waals surface area (Å²) in [5, 5.41) is 0. The SMILES string of the molecule is CCOC(=O)C(F)=C(F)c1ccc(F)c(F)c1F. The van der Waals surface area contributed by atoms with Gasteiger partial charge in [0.05, 0.1) is 12.2 Å². The highest BCUT2D eigenvalue weighted by molar-refractivity contribution is 5.93. The number of rotatable bonds is 3. The van der Waals surface area contributed by atoms with Gasteiger partial charge in [0.2, 0.25) is 5.83 Å². The Balaban J connectivity index is 3.26. The summed E-state index contributed by atoms with van der Waals surface area (Å²) in [4.78, 5) is 10.8. The Morgan fingerprint density at radius 1 is 1.17 bits per heavy atom. The van der Waals surface area contributed by atoms with Crippen LogP contribution in [0, 0.1) is 17.5 Å². The molecule has 0 heterocycles. The van der Waals surface area contributed by atoms with Gasteiger partial charge in [0.15, 0.2) is 23.3 Å². The number of hydrogen-bond donors (Lipinski definition) is 0. The van der Waals surface area contributed by atoms with Crippen LogP contribution >= 0.6 is 0 Å². The summed E-state index contributed by atoms with van der Waals surface area (Å²) in [6.07, 6.45) is 0. The molecule has 0 aliphatic heterocycles. The number of esters is 1. The highest BCUT2D eigenvalue weighted by Gasteiger charge is 2.23. The maximum atomic E-state index is 13.3. The Labute approximate surface area is 98.7 Å². The molecule has 1 aromatic carbocycles. The van der Waals surface area contributed by atoms with Gasteiger partial charge < -0.3 is 4.74 Å². The number of halogens is 5. The van der Waals surface area contributed by atoms with E-state index in [1.54, 1.807) is 0 Å². The standard InChI is InChI=1S/C11H7F5O2/c1-2-18-11(17)10(16)8(14)5-3-4-6(12)9(15)7(5)13/h3-4H,2H2,1H3. The van der Waals surface area contributed by atoms with Crippen LogP contribution in [0.2, 0.25) is 0 Å². The van der Waals surface area contributed by atoms with Gasteiger partial charge in [-0.3, -0.25) is 0 Å². The van der Waals surface area contributed by atoms with E-state index in [1.807, 2.05) is 0 Å².